The Balaban J connectivity index is 1.30. The molecule has 0 bridgehead atoms. The molecule has 0 radical (unpaired) electrons. The van der Waals surface area contributed by atoms with Crippen molar-refractivity contribution in [2.24, 2.45) is 0 Å². The summed E-state index contributed by atoms with van der Waals surface area (Å²) < 4.78 is 5.21. The van der Waals surface area contributed by atoms with Crippen molar-refractivity contribution in [3.05, 3.63) is 64.2 Å². The third-order valence-electron chi connectivity index (χ3n) is 7.26. The molecule has 1 spiro atoms. The van der Waals surface area contributed by atoms with E-state index >= 15 is 0 Å². The molecule has 186 valence electrons. The summed E-state index contributed by atoms with van der Waals surface area (Å²) in [6, 6.07) is 9.23. The van der Waals surface area contributed by atoms with Crippen molar-refractivity contribution < 1.29 is 28.7 Å². The van der Waals surface area contributed by atoms with Crippen LogP contribution in [0.3, 0.4) is 0 Å². The summed E-state index contributed by atoms with van der Waals surface area (Å²) in [6.07, 6.45) is 0.993. The monoisotopic (exact) mass is 499 g/mol. The molecule has 6 rings (SSSR count). The van der Waals surface area contributed by atoms with E-state index in [1.807, 2.05) is 0 Å². The Kier molecular flexibility index (Phi) is 4.78. The van der Waals surface area contributed by atoms with E-state index in [2.05, 4.69) is 33.1 Å². The molecule has 7 amide bonds. The number of imide groups is 2. The van der Waals surface area contributed by atoms with Gasteiger partial charge >= 0.3 is 12.1 Å². The first-order valence-electron chi connectivity index (χ1n) is 11.6. The number of urea groups is 2. The fraction of sp³-hybridized carbons (Fsp3) is 0.269. The summed E-state index contributed by atoms with van der Waals surface area (Å²) in [5.74, 6) is 5.09. The first-order chi connectivity index (χ1) is 17.7. The average molecular weight is 499 g/mol. The number of nitrogens with one attached hydrogen (secondary N) is 4. The molecular formula is C26H21N5O6. The SMILES string of the molecule is COc1ccc2c(c1)C(=O)N(C[C@@]1(C#Cc3ccc4c(c3)CC[C@@]43NC(=O)NC3=O)NC(=O)NC1=O)C2. The number of carbonyl (C=O) groups excluding carboxylic acids is 5. The van der Waals surface area contributed by atoms with Crippen LogP contribution in [0.2, 0.25) is 0 Å². The molecule has 2 fully saturated rings. The van der Waals surface area contributed by atoms with Crippen molar-refractivity contribution >= 4 is 29.8 Å². The lowest BCUT2D eigenvalue weighted by Crippen LogP contribution is -2.54. The number of aryl methyl sites for hydroxylation is 1. The van der Waals surface area contributed by atoms with Crippen LogP contribution in [0.1, 0.15) is 39.0 Å². The fourth-order valence-corrected chi connectivity index (χ4v) is 5.40. The number of ether oxygens (including phenoxy) is 1. The predicted molar refractivity (Wildman–Crippen MR) is 127 cm³/mol. The molecule has 0 unspecified atom stereocenters. The molecule has 2 aromatic rings. The van der Waals surface area contributed by atoms with Crippen LogP contribution < -0.4 is 26.0 Å². The number of nitrogens with zero attached hydrogens (tertiary/aromatic N) is 1. The second-order valence-corrected chi connectivity index (χ2v) is 9.43. The standard InChI is InChI=1S/C26H21N5O6/c1-37-17-4-3-16-12-31(20(32)18(16)11-17)13-25(21(33)27-23(35)29-25)8-6-14-2-5-19-15(10-14)7-9-26(19)22(34)28-24(36)30-26/h2-5,10-11H,7,9,12-13H2,1H3,(H2,27,29,33,35)(H2,28,30,34,36)/t25-,26-/m1/s1. The minimum absolute atomic E-state index is 0.145. The highest BCUT2D eigenvalue weighted by Crippen LogP contribution is 2.39. The van der Waals surface area contributed by atoms with E-state index in [0.717, 1.165) is 11.1 Å². The minimum atomic E-state index is -1.64. The lowest BCUT2D eigenvalue weighted by atomic mass is 9.91. The molecule has 11 nitrogen and oxygen atoms in total. The third-order valence-corrected chi connectivity index (χ3v) is 7.26. The Hall–Kier alpha value is -4.85. The maximum atomic E-state index is 13.1. The van der Waals surface area contributed by atoms with Crippen molar-refractivity contribution in [2.75, 3.05) is 13.7 Å². The van der Waals surface area contributed by atoms with E-state index in [0.29, 0.717) is 35.3 Å². The zero-order chi connectivity index (χ0) is 25.9. The molecule has 11 heteroatoms. The first-order valence-corrected chi connectivity index (χ1v) is 11.6. The van der Waals surface area contributed by atoms with Gasteiger partial charge in [-0.25, -0.2) is 9.59 Å². The zero-order valence-electron chi connectivity index (χ0n) is 19.7. The normalized spacial score (nSPS) is 25.2. The molecule has 0 aromatic heterocycles. The molecule has 2 aromatic carbocycles. The molecule has 2 saturated heterocycles. The van der Waals surface area contributed by atoms with Gasteiger partial charge in [-0.2, -0.15) is 0 Å². The van der Waals surface area contributed by atoms with Gasteiger partial charge in [-0.05, 0) is 53.8 Å². The number of fused-ring (bicyclic) bond motifs is 3. The summed E-state index contributed by atoms with van der Waals surface area (Å²) in [5, 5.41) is 9.83. The van der Waals surface area contributed by atoms with E-state index in [-0.39, 0.29) is 24.9 Å². The van der Waals surface area contributed by atoms with Crippen molar-refractivity contribution in [3.8, 4) is 17.6 Å². The van der Waals surface area contributed by atoms with Gasteiger partial charge in [0.2, 0.25) is 5.54 Å². The van der Waals surface area contributed by atoms with Crippen LogP contribution in [0.15, 0.2) is 36.4 Å². The molecule has 37 heavy (non-hydrogen) atoms. The second-order valence-electron chi connectivity index (χ2n) is 9.43. The van der Waals surface area contributed by atoms with E-state index in [1.165, 1.54) is 12.0 Å². The number of rotatable bonds is 3. The van der Waals surface area contributed by atoms with Gasteiger partial charge in [0, 0.05) is 17.7 Å². The van der Waals surface area contributed by atoms with Gasteiger partial charge in [-0.1, -0.05) is 24.0 Å². The highest BCUT2D eigenvalue weighted by atomic mass is 16.5. The lowest BCUT2D eigenvalue weighted by molar-refractivity contribution is -0.124. The van der Waals surface area contributed by atoms with Gasteiger partial charge in [-0.15, -0.1) is 0 Å². The van der Waals surface area contributed by atoms with E-state index in [9.17, 15) is 24.0 Å². The summed E-state index contributed by atoms with van der Waals surface area (Å²) in [7, 11) is 1.51. The highest BCUT2D eigenvalue weighted by molar-refractivity contribution is 6.10. The van der Waals surface area contributed by atoms with Crippen LogP contribution in [-0.4, -0.2) is 53.9 Å². The Morgan fingerprint density at radius 3 is 2.43 bits per heavy atom. The third kappa shape index (κ3) is 3.41. The number of hydrogen-bond acceptors (Lipinski definition) is 6. The van der Waals surface area contributed by atoms with Crippen LogP contribution in [0, 0.1) is 11.8 Å². The summed E-state index contributed by atoms with van der Waals surface area (Å²) in [4.78, 5) is 63.7. The summed E-state index contributed by atoms with van der Waals surface area (Å²) in [5.41, 5.74) is 0.674. The number of methoxy groups -OCH3 is 1. The second kappa shape index (κ2) is 7.83. The molecule has 0 saturated carbocycles. The smallest absolute Gasteiger partial charge is 0.323 e. The van der Waals surface area contributed by atoms with Crippen molar-refractivity contribution in [3.63, 3.8) is 0 Å². The van der Waals surface area contributed by atoms with Crippen LogP contribution in [-0.2, 0) is 28.1 Å². The molecule has 1 aliphatic carbocycles. The van der Waals surface area contributed by atoms with Crippen LogP contribution in [0.25, 0.3) is 0 Å². The van der Waals surface area contributed by atoms with Gasteiger partial charge in [-0.3, -0.25) is 25.0 Å². The van der Waals surface area contributed by atoms with Gasteiger partial charge in [0.15, 0.2) is 0 Å². The predicted octanol–water partition coefficient (Wildman–Crippen LogP) is 0.262. The Bertz CT molecular complexity index is 1510. The summed E-state index contributed by atoms with van der Waals surface area (Å²) in [6.45, 7) is 0.118. The maximum absolute atomic E-state index is 13.1. The molecule has 2 atom stereocenters. The number of amides is 7. The minimum Gasteiger partial charge on any atom is -0.497 e. The topological polar surface area (TPSA) is 146 Å². The Labute approximate surface area is 210 Å². The van der Waals surface area contributed by atoms with Gasteiger partial charge in [0.25, 0.3) is 17.7 Å². The number of benzene rings is 2. The first kappa shape index (κ1) is 22.6. The van der Waals surface area contributed by atoms with Gasteiger partial charge in [0.05, 0.1) is 13.7 Å². The zero-order valence-corrected chi connectivity index (χ0v) is 19.7. The lowest BCUT2D eigenvalue weighted by Gasteiger charge is -2.26. The molecule has 4 N–H and O–H groups in total. The van der Waals surface area contributed by atoms with Crippen LogP contribution in [0.5, 0.6) is 5.75 Å². The largest absolute Gasteiger partial charge is 0.497 e. The molecular weight excluding hydrogens is 478 g/mol. The number of carbonyl (C=O) groups is 5. The Morgan fingerprint density at radius 1 is 0.946 bits per heavy atom. The van der Waals surface area contributed by atoms with Crippen molar-refractivity contribution in [2.45, 2.75) is 30.5 Å². The van der Waals surface area contributed by atoms with Crippen LogP contribution >= 0.6 is 0 Å². The summed E-state index contributed by atoms with van der Waals surface area (Å²) >= 11 is 0. The van der Waals surface area contributed by atoms with E-state index in [4.69, 9.17) is 4.74 Å². The maximum Gasteiger partial charge on any atom is 0.323 e. The van der Waals surface area contributed by atoms with Crippen LogP contribution in [0.4, 0.5) is 9.59 Å². The molecule has 3 heterocycles. The fourth-order valence-electron chi connectivity index (χ4n) is 5.40. The highest BCUT2D eigenvalue weighted by Gasteiger charge is 2.51. The number of hydrogen-bond donors (Lipinski definition) is 4. The molecule has 4 aliphatic rings. The van der Waals surface area contributed by atoms with Crippen molar-refractivity contribution in [1.82, 2.24) is 26.2 Å². The average Bonchev–Trinajstić information content (AvgIpc) is 3.56. The Morgan fingerprint density at radius 2 is 1.73 bits per heavy atom. The van der Waals surface area contributed by atoms with E-state index in [1.54, 1.807) is 36.4 Å². The molecule has 3 aliphatic heterocycles. The quantitative estimate of drug-likeness (QED) is 0.352. The van der Waals surface area contributed by atoms with Gasteiger partial charge < -0.3 is 20.3 Å². The van der Waals surface area contributed by atoms with E-state index < -0.39 is 29.0 Å². The van der Waals surface area contributed by atoms with Gasteiger partial charge in [0.1, 0.15) is 11.3 Å². The van der Waals surface area contributed by atoms with Crippen molar-refractivity contribution in [1.29, 1.82) is 0 Å².